The summed E-state index contributed by atoms with van der Waals surface area (Å²) in [4.78, 5) is 4.12. The van der Waals surface area contributed by atoms with Gasteiger partial charge in [-0.25, -0.2) is 0 Å². The molecule has 8 heavy (non-hydrogen) atoms. The number of aliphatic imine (C=N–C) groups is 1. The Bertz CT molecular complexity index is 89.0. The summed E-state index contributed by atoms with van der Waals surface area (Å²) >= 11 is 0. The smallest absolute Gasteiger partial charge is 0.0389 e. The molecule has 0 bridgehead atoms. The van der Waals surface area contributed by atoms with Gasteiger partial charge in [0.05, 0.1) is 0 Å². The van der Waals surface area contributed by atoms with Gasteiger partial charge in [0.2, 0.25) is 0 Å². The summed E-state index contributed by atoms with van der Waals surface area (Å²) in [6, 6.07) is 0. The molecule has 1 nitrogen and oxygen atoms in total. The maximum absolute atomic E-state index is 4.12. The summed E-state index contributed by atoms with van der Waals surface area (Å²) in [5, 5.41) is 0. The van der Waals surface area contributed by atoms with Crippen LogP contribution in [0.1, 0.15) is 19.3 Å². The molecule has 0 aromatic heterocycles. The minimum absolute atomic E-state index is 1.02. The zero-order valence-corrected chi connectivity index (χ0v) is 5.01. The van der Waals surface area contributed by atoms with Gasteiger partial charge < -0.3 is 0 Å². The Morgan fingerprint density at radius 2 is 2.25 bits per heavy atom. The van der Waals surface area contributed by atoms with Gasteiger partial charge in [-0.2, -0.15) is 0 Å². The van der Waals surface area contributed by atoms with Gasteiger partial charge >= 0.3 is 0 Å². The Hall–Kier alpha value is -0.590. The maximum Gasteiger partial charge on any atom is 0.0389 e. The molecule has 1 aliphatic rings. The molecule has 1 rings (SSSR count). The topological polar surface area (TPSA) is 12.4 Å². The minimum atomic E-state index is 1.02. The Morgan fingerprint density at radius 1 is 1.25 bits per heavy atom. The normalized spacial score (nSPS) is 24.0. The summed E-state index contributed by atoms with van der Waals surface area (Å²) in [6.45, 7) is 1.02. The van der Waals surface area contributed by atoms with Crippen molar-refractivity contribution in [2.75, 3.05) is 6.54 Å². The van der Waals surface area contributed by atoms with Crippen LogP contribution in [0.3, 0.4) is 0 Å². The second-order valence-corrected chi connectivity index (χ2v) is 1.98. The Labute approximate surface area is 50.1 Å². The van der Waals surface area contributed by atoms with E-state index in [1.54, 1.807) is 0 Å². The molecule has 44 valence electrons. The molecule has 0 aromatic carbocycles. The van der Waals surface area contributed by atoms with Crippen LogP contribution in [0.2, 0.25) is 0 Å². The van der Waals surface area contributed by atoms with Crippen molar-refractivity contribution in [3.8, 4) is 0 Å². The molecule has 0 fully saturated rings. The van der Waals surface area contributed by atoms with Crippen molar-refractivity contribution in [3.63, 3.8) is 0 Å². The molecule has 0 N–H and O–H groups in total. The van der Waals surface area contributed by atoms with Crippen molar-refractivity contribution in [1.82, 2.24) is 0 Å². The van der Waals surface area contributed by atoms with E-state index < -0.39 is 0 Å². The predicted octanol–water partition coefficient (Wildman–Crippen LogP) is 1.80. The van der Waals surface area contributed by atoms with Gasteiger partial charge in [-0.05, 0) is 25.3 Å². The van der Waals surface area contributed by atoms with Gasteiger partial charge in [-0.3, -0.25) is 4.99 Å². The molecule has 0 amide bonds. The molecule has 0 saturated heterocycles. The third-order valence-corrected chi connectivity index (χ3v) is 1.24. The van der Waals surface area contributed by atoms with E-state index in [9.17, 15) is 0 Å². The van der Waals surface area contributed by atoms with Gasteiger partial charge in [-0.1, -0.05) is 6.08 Å². The molecule has 0 saturated carbocycles. The van der Waals surface area contributed by atoms with Gasteiger partial charge in [0.15, 0.2) is 0 Å². The third-order valence-electron chi connectivity index (χ3n) is 1.24. The fourth-order valence-corrected chi connectivity index (χ4v) is 0.758. The van der Waals surface area contributed by atoms with E-state index in [-0.39, 0.29) is 0 Å². The number of hydrogen-bond acceptors (Lipinski definition) is 1. The predicted molar refractivity (Wildman–Crippen MR) is 36.4 cm³/mol. The minimum Gasteiger partial charge on any atom is -0.293 e. The largest absolute Gasteiger partial charge is 0.293 e. The molecule has 1 aliphatic heterocycles. The van der Waals surface area contributed by atoms with Crippen molar-refractivity contribution in [2.45, 2.75) is 19.3 Å². The highest BCUT2D eigenvalue weighted by Crippen LogP contribution is 1.98. The lowest BCUT2D eigenvalue weighted by Gasteiger charge is -1.94. The SMILES string of the molecule is C1=NCCCC/C=C\1. The van der Waals surface area contributed by atoms with Crippen molar-refractivity contribution in [1.29, 1.82) is 0 Å². The van der Waals surface area contributed by atoms with Crippen LogP contribution in [0.5, 0.6) is 0 Å². The third kappa shape index (κ3) is 1.92. The van der Waals surface area contributed by atoms with Crippen molar-refractivity contribution >= 4 is 6.21 Å². The molecule has 0 spiro atoms. The van der Waals surface area contributed by atoms with Crippen LogP contribution < -0.4 is 0 Å². The van der Waals surface area contributed by atoms with Crippen LogP contribution in [0.4, 0.5) is 0 Å². The van der Waals surface area contributed by atoms with E-state index >= 15 is 0 Å². The first-order valence-corrected chi connectivity index (χ1v) is 3.15. The average molecular weight is 109 g/mol. The number of rotatable bonds is 0. The molecule has 0 unspecified atom stereocenters. The van der Waals surface area contributed by atoms with Crippen LogP contribution in [-0.2, 0) is 0 Å². The van der Waals surface area contributed by atoms with Crippen molar-refractivity contribution in [3.05, 3.63) is 12.2 Å². The zero-order chi connectivity index (χ0) is 5.66. The monoisotopic (exact) mass is 109 g/mol. The van der Waals surface area contributed by atoms with Gasteiger partial charge in [0.1, 0.15) is 0 Å². The van der Waals surface area contributed by atoms with Crippen LogP contribution in [0.15, 0.2) is 17.1 Å². The van der Waals surface area contributed by atoms with E-state index in [0.29, 0.717) is 0 Å². The van der Waals surface area contributed by atoms with E-state index in [0.717, 1.165) is 6.54 Å². The van der Waals surface area contributed by atoms with Crippen LogP contribution in [0, 0.1) is 0 Å². The fourth-order valence-electron chi connectivity index (χ4n) is 0.758. The molecule has 0 atom stereocenters. The Balaban J connectivity index is 2.33. The standard InChI is InChI=1S/C7H11N/c1-2-4-6-8-7-5-3-1/h2,4,6H,1,3,5,7H2/b4-2-,8-6?. The zero-order valence-electron chi connectivity index (χ0n) is 5.01. The van der Waals surface area contributed by atoms with Crippen LogP contribution in [-0.4, -0.2) is 12.8 Å². The molecule has 0 radical (unpaired) electrons. The van der Waals surface area contributed by atoms with Gasteiger partial charge in [-0.15, -0.1) is 0 Å². The maximum atomic E-state index is 4.12. The van der Waals surface area contributed by atoms with E-state index in [1.807, 2.05) is 12.3 Å². The Morgan fingerprint density at radius 3 is 3.25 bits per heavy atom. The first-order chi connectivity index (χ1) is 4.00. The highest BCUT2D eigenvalue weighted by Gasteiger charge is 1.84. The molecule has 1 heterocycles. The molecule has 1 heteroatoms. The highest BCUT2D eigenvalue weighted by atomic mass is 14.7. The number of nitrogens with zero attached hydrogens (tertiary/aromatic N) is 1. The van der Waals surface area contributed by atoms with Crippen LogP contribution in [0.25, 0.3) is 0 Å². The van der Waals surface area contributed by atoms with E-state index in [1.165, 1.54) is 19.3 Å². The first-order valence-electron chi connectivity index (χ1n) is 3.15. The average Bonchev–Trinajstić information content (AvgIpc) is 1.62. The summed E-state index contributed by atoms with van der Waals surface area (Å²) in [5.74, 6) is 0. The Kier molecular flexibility index (Phi) is 2.37. The summed E-state index contributed by atoms with van der Waals surface area (Å²) in [6.07, 6.45) is 9.86. The van der Waals surface area contributed by atoms with Gasteiger partial charge in [0.25, 0.3) is 0 Å². The summed E-state index contributed by atoms with van der Waals surface area (Å²) in [5.41, 5.74) is 0. The van der Waals surface area contributed by atoms with Crippen molar-refractivity contribution < 1.29 is 0 Å². The molecular weight excluding hydrogens is 98.1 g/mol. The number of allylic oxidation sites excluding steroid dienone is 2. The summed E-state index contributed by atoms with van der Waals surface area (Å²) in [7, 11) is 0. The lowest BCUT2D eigenvalue weighted by Crippen LogP contribution is -1.83. The van der Waals surface area contributed by atoms with E-state index in [2.05, 4.69) is 11.1 Å². The number of hydrogen-bond donors (Lipinski definition) is 0. The van der Waals surface area contributed by atoms with Crippen molar-refractivity contribution in [2.24, 2.45) is 4.99 Å². The quantitative estimate of drug-likeness (QED) is 0.449. The second kappa shape index (κ2) is 3.42. The highest BCUT2D eigenvalue weighted by molar-refractivity contribution is 5.70. The molecule has 0 aliphatic carbocycles. The lowest BCUT2D eigenvalue weighted by atomic mass is 10.2. The fraction of sp³-hybridized carbons (Fsp3) is 0.571. The molecule has 0 aromatic rings. The first kappa shape index (κ1) is 5.54. The summed E-state index contributed by atoms with van der Waals surface area (Å²) < 4.78 is 0. The lowest BCUT2D eigenvalue weighted by molar-refractivity contribution is 0.757. The molecular formula is C7H11N. The van der Waals surface area contributed by atoms with E-state index in [4.69, 9.17) is 0 Å². The van der Waals surface area contributed by atoms with Gasteiger partial charge in [0, 0.05) is 12.8 Å². The van der Waals surface area contributed by atoms with Crippen LogP contribution >= 0.6 is 0 Å². The second-order valence-electron chi connectivity index (χ2n) is 1.98.